The SMILES string of the molecule is CO[C@@H]1C[C@@H](COc2nc(N3CCN(C(=O)OC(C)(C)C)[C@@H](CC#N)C3)c3cnc(-c4cccc5ccc(F)c(Cl)c45)c(F)c3n2)N(C)C1. The van der Waals surface area contributed by atoms with Crippen LogP contribution in [-0.2, 0) is 9.47 Å². The number of rotatable bonds is 7. The molecule has 2 fully saturated rings. The van der Waals surface area contributed by atoms with Crippen molar-refractivity contribution in [2.75, 3.05) is 51.8 Å². The van der Waals surface area contributed by atoms with Crippen molar-refractivity contribution >= 4 is 45.2 Å². The fourth-order valence-corrected chi connectivity index (χ4v) is 6.75. The van der Waals surface area contributed by atoms with Gasteiger partial charge in [0, 0.05) is 56.5 Å². The van der Waals surface area contributed by atoms with Crippen LogP contribution in [0.3, 0.4) is 0 Å². The molecule has 0 radical (unpaired) electrons. The molecule has 11 nitrogen and oxygen atoms in total. The average molecular weight is 694 g/mol. The maximum atomic E-state index is 16.8. The third-order valence-corrected chi connectivity index (χ3v) is 9.33. The summed E-state index contributed by atoms with van der Waals surface area (Å²) in [6.45, 7) is 7.11. The highest BCUT2D eigenvalue weighted by atomic mass is 35.5. The monoisotopic (exact) mass is 693 g/mol. The van der Waals surface area contributed by atoms with E-state index in [1.54, 1.807) is 57.0 Å². The van der Waals surface area contributed by atoms with Crippen LogP contribution in [0.1, 0.15) is 33.6 Å². The summed E-state index contributed by atoms with van der Waals surface area (Å²) in [5.74, 6) is -1.04. The summed E-state index contributed by atoms with van der Waals surface area (Å²) < 4.78 is 48.6. The molecule has 1 amide bonds. The Labute approximate surface area is 288 Å². The Balaban J connectivity index is 1.42. The number of nitriles is 1. The van der Waals surface area contributed by atoms with E-state index >= 15 is 4.39 Å². The molecular formula is C35H38ClF2N7O4. The van der Waals surface area contributed by atoms with E-state index in [1.807, 2.05) is 11.9 Å². The molecule has 0 saturated carbocycles. The highest BCUT2D eigenvalue weighted by molar-refractivity contribution is 6.36. The third-order valence-electron chi connectivity index (χ3n) is 8.96. The van der Waals surface area contributed by atoms with Crippen LogP contribution in [0.2, 0.25) is 5.02 Å². The van der Waals surface area contributed by atoms with Crippen LogP contribution >= 0.6 is 11.6 Å². The number of fused-ring (bicyclic) bond motifs is 2. The van der Waals surface area contributed by atoms with E-state index in [0.29, 0.717) is 34.1 Å². The van der Waals surface area contributed by atoms with Crippen molar-refractivity contribution < 1.29 is 27.8 Å². The third kappa shape index (κ3) is 7.04. The number of carbonyl (C=O) groups is 1. The number of ether oxygens (including phenoxy) is 3. The predicted molar refractivity (Wildman–Crippen MR) is 182 cm³/mol. The normalized spacial score (nSPS) is 20.2. The number of likely N-dealkylation sites (tertiary alicyclic amines) is 1. The van der Waals surface area contributed by atoms with Crippen LogP contribution in [0.4, 0.5) is 19.4 Å². The largest absolute Gasteiger partial charge is 0.462 e. The van der Waals surface area contributed by atoms with Gasteiger partial charge in [0.15, 0.2) is 5.82 Å². The van der Waals surface area contributed by atoms with Crippen molar-refractivity contribution in [2.45, 2.75) is 57.4 Å². The average Bonchev–Trinajstić information content (AvgIpc) is 3.44. The number of halogens is 3. The van der Waals surface area contributed by atoms with Crippen molar-refractivity contribution in [3.05, 3.63) is 53.2 Å². The van der Waals surface area contributed by atoms with Crippen molar-refractivity contribution in [1.29, 1.82) is 5.26 Å². The fraction of sp³-hybridized carbons (Fsp3) is 0.457. The molecule has 2 saturated heterocycles. The van der Waals surface area contributed by atoms with Gasteiger partial charge in [0.2, 0.25) is 0 Å². The van der Waals surface area contributed by atoms with Gasteiger partial charge in [0.05, 0.1) is 35.0 Å². The Kier molecular flexibility index (Phi) is 9.75. The van der Waals surface area contributed by atoms with Crippen molar-refractivity contribution in [3.8, 4) is 23.3 Å². The van der Waals surface area contributed by atoms with Crippen LogP contribution in [0.15, 0.2) is 36.5 Å². The van der Waals surface area contributed by atoms with E-state index in [0.717, 1.165) is 13.0 Å². The number of aromatic nitrogens is 3. The summed E-state index contributed by atoms with van der Waals surface area (Å²) in [6, 6.07) is 9.59. The van der Waals surface area contributed by atoms with E-state index in [9.17, 15) is 14.4 Å². The minimum Gasteiger partial charge on any atom is -0.462 e. The molecule has 2 aromatic carbocycles. The molecular weight excluding hydrogens is 656 g/mol. The molecule has 6 rings (SSSR count). The molecule has 49 heavy (non-hydrogen) atoms. The van der Waals surface area contributed by atoms with E-state index < -0.39 is 29.4 Å². The smallest absolute Gasteiger partial charge is 0.410 e. The van der Waals surface area contributed by atoms with Crippen molar-refractivity contribution in [3.63, 3.8) is 0 Å². The van der Waals surface area contributed by atoms with Crippen LogP contribution in [0.25, 0.3) is 32.9 Å². The number of carbonyl (C=O) groups excluding carboxylic acids is 1. The predicted octanol–water partition coefficient (Wildman–Crippen LogP) is 6.21. The summed E-state index contributed by atoms with van der Waals surface area (Å²) in [4.78, 5) is 32.4. The number of hydrogen-bond donors (Lipinski definition) is 0. The lowest BCUT2D eigenvalue weighted by Gasteiger charge is -2.41. The van der Waals surface area contributed by atoms with Gasteiger partial charge in [-0.25, -0.2) is 13.6 Å². The fourth-order valence-electron chi connectivity index (χ4n) is 6.48. The van der Waals surface area contributed by atoms with Gasteiger partial charge in [-0.1, -0.05) is 35.9 Å². The minimum absolute atomic E-state index is 0.0237. The molecule has 258 valence electrons. The maximum Gasteiger partial charge on any atom is 0.410 e. The Bertz CT molecular complexity index is 1930. The Morgan fingerprint density at radius 3 is 2.63 bits per heavy atom. The Morgan fingerprint density at radius 1 is 1.12 bits per heavy atom. The zero-order valence-electron chi connectivity index (χ0n) is 28.0. The van der Waals surface area contributed by atoms with Gasteiger partial charge in [0.25, 0.3) is 0 Å². The van der Waals surface area contributed by atoms with E-state index in [4.69, 9.17) is 30.8 Å². The molecule has 0 unspecified atom stereocenters. The van der Waals surface area contributed by atoms with E-state index in [1.165, 1.54) is 12.3 Å². The van der Waals surface area contributed by atoms with Crippen molar-refractivity contribution in [2.24, 2.45) is 0 Å². The lowest BCUT2D eigenvalue weighted by Crippen LogP contribution is -2.56. The molecule has 0 spiro atoms. The first-order chi connectivity index (χ1) is 23.4. The number of piperazine rings is 1. The molecule has 3 atom stereocenters. The number of pyridine rings is 1. The maximum absolute atomic E-state index is 16.8. The number of benzene rings is 2. The molecule has 14 heteroatoms. The van der Waals surface area contributed by atoms with E-state index in [2.05, 4.69) is 20.9 Å². The number of amides is 1. The van der Waals surface area contributed by atoms with Crippen molar-refractivity contribution in [1.82, 2.24) is 24.8 Å². The summed E-state index contributed by atoms with van der Waals surface area (Å²) in [7, 11) is 3.66. The highest BCUT2D eigenvalue weighted by Crippen LogP contribution is 2.38. The molecule has 0 bridgehead atoms. The molecule has 2 aromatic heterocycles. The standard InChI is InChI=1S/C35H38ClF2N7O4/c1-35(2,3)49-34(46)45-14-13-44(17-21(45)11-12-39)32-25-16-40-30(24-8-6-7-20-9-10-26(37)28(36)27(20)24)29(38)31(25)41-33(42-32)48-19-22-15-23(47-5)18-43(22)4/h6-10,16,21-23H,11,13-15,17-19H2,1-5H3/t21-,22-,23+/m0/s1. The second-order valence-electron chi connectivity index (χ2n) is 13.4. The van der Waals surface area contributed by atoms with Gasteiger partial charge in [-0.05, 0) is 45.7 Å². The van der Waals surface area contributed by atoms with Gasteiger partial charge in [0.1, 0.15) is 35.1 Å². The number of methoxy groups -OCH3 is 1. The quantitative estimate of drug-likeness (QED) is 0.221. The van der Waals surface area contributed by atoms with Gasteiger partial charge in [-0.15, -0.1) is 0 Å². The summed E-state index contributed by atoms with van der Waals surface area (Å²) in [5.41, 5.74) is -0.507. The minimum atomic E-state index is -0.753. The Morgan fingerprint density at radius 2 is 1.92 bits per heavy atom. The summed E-state index contributed by atoms with van der Waals surface area (Å²) in [5, 5.41) is 10.8. The summed E-state index contributed by atoms with van der Waals surface area (Å²) >= 11 is 6.40. The number of anilines is 1. The number of nitrogens with zero attached hydrogens (tertiary/aromatic N) is 7. The molecule has 4 heterocycles. The zero-order chi connectivity index (χ0) is 35.0. The van der Waals surface area contributed by atoms with Gasteiger partial charge in [-0.2, -0.15) is 15.2 Å². The molecule has 2 aliphatic rings. The first-order valence-corrected chi connectivity index (χ1v) is 16.5. The van der Waals surface area contributed by atoms with Crippen LogP contribution in [0, 0.1) is 23.0 Å². The Hall–Kier alpha value is -4.38. The molecule has 2 aliphatic heterocycles. The molecule has 0 N–H and O–H groups in total. The number of hydrogen-bond acceptors (Lipinski definition) is 10. The zero-order valence-corrected chi connectivity index (χ0v) is 28.8. The lowest BCUT2D eigenvalue weighted by atomic mass is 10.0. The van der Waals surface area contributed by atoms with Crippen LogP contribution in [-0.4, -0.2) is 102 Å². The van der Waals surface area contributed by atoms with E-state index in [-0.39, 0.29) is 60.5 Å². The van der Waals surface area contributed by atoms with Gasteiger partial charge < -0.3 is 24.0 Å². The summed E-state index contributed by atoms with van der Waals surface area (Å²) in [6.07, 6.45) is 1.82. The van der Waals surface area contributed by atoms with Gasteiger partial charge >= 0.3 is 12.1 Å². The van der Waals surface area contributed by atoms with Crippen LogP contribution < -0.4 is 9.64 Å². The first-order valence-electron chi connectivity index (χ1n) is 16.1. The second-order valence-corrected chi connectivity index (χ2v) is 13.8. The topological polar surface area (TPSA) is 117 Å². The second kappa shape index (κ2) is 13.9. The lowest BCUT2D eigenvalue weighted by molar-refractivity contribution is 0.0145. The first kappa shape index (κ1) is 34.5. The molecule has 4 aromatic rings. The number of likely N-dealkylation sites (N-methyl/N-ethyl adjacent to an activating group) is 1. The molecule has 0 aliphatic carbocycles. The highest BCUT2D eigenvalue weighted by Gasteiger charge is 2.35. The van der Waals surface area contributed by atoms with Crippen LogP contribution in [0.5, 0.6) is 6.01 Å². The van der Waals surface area contributed by atoms with Gasteiger partial charge in [-0.3, -0.25) is 9.88 Å².